The highest BCUT2D eigenvalue weighted by Crippen LogP contribution is 2.28. The molecule has 0 aliphatic rings. The van der Waals surface area contributed by atoms with Gasteiger partial charge in [0.1, 0.15) is 5.82 Å². The number of imidazole rings is 1. The summed E-state index contributed by atoms with van der Waals surface area (Å²) in [5.41, 5.74) is 2.07. The summed E-state index contributed by atoms with van der Waals surface area (Å²) in [6.07, 6.45) is 0. The molecule has 2 aromatic heterocycles. The molecular weight excluding hydrogens is 284 g/mol. The quantitative estimate of drug-likeness (QED) is 0.709. The lowest BCUT2D eigenvalue weighted by Crippen LogP contribution is -1.72. The number of aryl methyl sites for hydroxylation is 1. The molecule has 1 N–H and O–H groups in total. The van der Waals surface area contributed by atoms with Gasteiger partial charge in [0.25, 0.3) is 0 Å². The molecule has 1 aromatic carbocycles. The maximum absolute atomic E-state index is 4.57. The van der Waals surface area contributed by atoms with Crippen molar-refractivity contribution in [2.75, 3.05) is 0 Å². The van der Waals surface area contributed by atoms with Crippen LogP contribution in [0.3, 0.4) is 0 Å². The monoisotopic (exact) mass is 292 g/mol. The number of aromatic nitrogens is 2. The van der Waals surface area contributed by atoms with Gasteiger partial charge in [0.05, 0.1) is 15.9 Å². The fourth-order valence-corrected chi connectivity index (χ4v) is 2.83. The number of H-pyrrole nitrogens is 1. The van der Waals surface area contributed by atoms with E-state index in [1.165, 1.54) is 9.75 Å². The van der Waals surface area contributed by atoms with Gasteiger partial charge in [-0.15, -0.1) is 11.3 Å². The molecule has 16 heavy (non-hydrogen) atoms. The number of fused-ring (bicyclic) bond motifs is 1. The number of hydrogen-bond donors (Lipinski definition) is 1. The van der Waals surface area contributed by atoms with Crippen molar-refractivity contribution in [3.05, 3.63) is 39.7 Å². The van der Waals surface area contributed by atoms with Crippen molar-refractivity contribution in [1.82, 2.24) is 9.97 Å². The van der Waals surface area contributed by atoms with E-state index < -0.39 is 0 Å². The Morgan fingerprint density at radius 3 is 2.88 bits per heavy atom. The number of benzene rings is 1. The lowest BCUT2D eigenvalue weighted by Gasteiger charge is -1.88. The largest absolute Gasteiger partial charge is 0.337 e. The fourth-order valence-electron chi connectivity index (χ4n) is 1.66. The molecule has 0 aliphatic carbocycles. The number of hydrogen-bond acceptors (Lipinski definition) is 2. The van der Waals surface area contributed by atoms with Gasteiger partial charge in [-0.2, -0.15) is 0 Å². The topological polar surface area (TPSA) is 28.7 Å². The number of halogens is 1. The lowest BCUT2D eigenvalue weighted by molar-refractivity contribution is 1.36. The Balaban J connectivity index is 2.18. The third kappa shape index (κ3) is 1.68. The molecule has 0 radical (unpaired) electrons. The summed E-state index contributed by atoms with van der Waals surface area (Å²) in [4.78, 5) is 10.4. The second kappa shape index (κ2) is 3.71. The Kier molecular flexibility index (Phi) is 2.33. The molecular formula is C12H9BrN2S. The van der Waals surface area contributed by atoms with E-state index in [4.69, 9.17) is 0 Å². The predicted molar refractivity (Wildman–Crippen MR) is 71.8 cm³/mol. The first-order valence-corrected chi connectivity index (χ1v) is 6.55. The van der Waals surface area contributed by atoms with Crippen LogP contribution in [0.5, 0.6) is 0 Å². The predicted octanol–water partition coefficient (Wildman–Crippen LogP) is 4.36. The number of nitrogens with zero attached hydrogens (tertiary/aromatic N) is 1. The molecule has 80 valence electrons. The maximum Gasteiger partial charge on any atom is 0.148 e. The van der Waals surface area contributed by atoms with Gasteiger partial charge in [-0.3, -0.25) is 0 Å². The normalized spacial score (nSPS) is 11.1. The molecule has 0 bridgehead atoms. The van der Waals surface area contributed by atoms with E-state index in [2.05, 4.69) is 45.0 Å². The Bertz CT molecular complexity index is 654. The highest BCUT2D eigenvalue weighted by molar-refractivity contribution is 9.10. The summed E-state index contributed by atoms with van der Waals surface area (Å²) < 4.78 is 1.07. The Labute approximate surface area is 105 Å². The number of nitrogens with one attached hydrogen (secondary N) is 1. The number of thiophene rings is 1. The minimum absolute atomic E-state index is 0.950. The summed E-state index contributed by atoms with van der Waals surface area (Å²) in [5, 5.41) is 0. The Morgan fingerprint density at radius 2 is 2.12 bits per heavy atom. The zero-order valence-corrected chi connectivity index (χ0v) is 11.0. The molecule has 0 aliphatic heterocycles. The molecule has 2 nitrogen and oxygen atoms in total. The van der Waals surface area contributed by atoms with Gasteiger partial charge in [-0.25, -0.2) is 4.98 Å². The molecule has 0 atom stereocenters. The zero-order valence-electron chi connectivity index (χ0n) is 8.62. The van der Waals surface area contributed by atoms with Crippen LogP contribution in [-0.4, -0.2) is 9.97 Å². The summed E-state index contributed by atoms with van der Waals surface area (Å²) in [6, 6.07) is 10.3. The standard InChI is InChI=1S/C12H9BrN2S/c1-7-2-5-11(16-7)12-14-9-4-3-8(13)6-10(9)15-12/h2-6H,1H3,(H,14,15). The summed E-state index contributed by atoms with van der Waals surface area (Å²) in [7, 11) is 0. The average Bonchev–Trinajstić information content (AvgIpc) is 2.83. The van der Waals surface area contributed by atoms with Crippen LogP contribution < -0.4 is 0 Å². The molecule has 4 heteroatoms. The van der Waals surface area contributed by atoms with Crippen molar-refractivity contribution >= 4 is 38.3 Å². The number of rotatable bonds is 1. The van der Waals surface area contributed by atoms with Crippen molar-refractivity contribution in [3.63, 3.8) is 0 Å². The molecule has 0 spiro atoms. The molecule has 0 unspecified atom stereocenters. The first-order valence-electron chi connectivity index (χ1n) is 4.94. The van der Waals surface area contributed by atoms with E-state index in [-0.39, 0.29) is 0 Å². The second-order valence-corrected chi connectivity index (χ2v) is 5.86. The SMILES string of the molecule is Cc1ccc(-c2nc3ccc(Br)cc3[nH]2)s1. The van der Waals surface area contributed by atoms with Crippen LogP contribution in [0.2, 0.25) is 0 Å². The summed E-state index contributed by atoms with van der Waals surface area (Å²) in [5.74, 6) is 0.950. The zero-order chi connectivity index (χ0) is 11.1. The molecule has 3 rings (SSSR count). The van der Waals surface area contributed by atoms with Crippen molar-refractivity contribution in [2.45, 2.75) is 6.92 Å². The van der Waals surface area contributed by atoms with Gasteiger partial charge >= 0.3 is 0 Å². The van der Waals surface area contributed by atoms with Gasteiger partial charge in [-0.05, 0) is 37.3 Å². The van der Waals surface area contributed by atoms with Gasteiger partial charge in [0, 0.05) is 9.35 Å². The van der Waals surface area contributed by atoms with Gasteiger partial charge in [0.2, 0.25) is 0 Å². The molecule has 0 amide bonds. The van der Waals surface area contributed by atoms with Crippen molar-refractivity contribution in [1.29, 1.82) is 0 Å². The minimum atomic E-state index is 0.950. The van der Waals surface area contributed by atoms with Crippen LogP contribution in [-0.2, 0) is 0 Å². The highest BCUT2D eigenvalue weighted by atomic mass is 79.9. The van der Waals surface area contributed by atoms with Crippen LogP contribution in [0.15, 0.2) is 34.8 Å². The van der Waals surface area contributed by atoms with Gasteiger partial charge in [-0.1, -0.05) is 15.9 Å². The molecule has 0 fully saturated rings. The van der Waals surface area contributed by atoms with E-state index in [1.807, 2.05) is 18.2 Å². The third-order valence-electron chi connectivity index (χ3n) is 2.42. The molecule has 0 saturated carbocycles. The van der Waals surface area contributed by atoms with Crippen LogP contribution in [0.25, 0.3) is 21.7 Å². The third-order valence-corrected chi connectivity index (χ3v) is 3.92. The maximum atomic E-state index is 4.57. The minimum Gasteiger partial charge on any atom is -0.337 e. The van der Waals surface area contributed by atoms with Gasteiger partial charge < -0.3 is 4.98 Å². The van der Waals surface area contributed by atoms with E-state index in [0.717, 1.165) is 21.3 Å². The second-order valence-electron chi connectivity index (χ2n) is 3.66. The van der Waals surface area contributed by atoms with Crippen LogP contribution in [0, 0.1) is 6.92 Å². The molecule has 0 saturated heterocycles. The fraction of sp³-hybridized carbons (Fsp3) is 0.0833. The lowest BCUT2D eigenvalue weighted by atomic mass is 10.3. The first-order chi connectivity index (χ1) is 7.72. The average molecular weight is 293 g/mol. The number of aromatic amines is 1. The summed E-state index contributed by atoms with van der Waals surface area (Å²) >= 11 is 5.21. The smallest absolute Gasteiger partial charge is 0.148 e. The van der Waals surface area contributed by atoms with Crippen LogP contribution in [0.1, 0.15) is 4.88 Å². The molecule has 2 heterocycles. The van der Waals surface area contributed by atoms with Crippen molar-refractivity contribution in [2.24, 2.45) is 0 Å². The highest BCUT2D eigenvalue weighted by Gasteiger charge is 2.06. The van der Waals surface area contributed by atoms with Crippen LogP contribution in [0.4, 0.5) is 0 Å². The van der Waals surface area contributed by atoms with E-state index in [1.54, 1.807) is 11.3 Å². The van der Waals surface area contributed by atoms with E-state index >= 15 is 0 Å². The van der Waals surface area contributed by atoms with Crippen LogP contribution >= 0.6 is 27.3 Å². The van der Waals surface area contributed by atoms with E-state index in [0.29, 0.717) is 0 Å². The van der Waals surface area contributed by atoms with E-state index in [9.17, 15) is 0 Å². The summed E-state index contributed by atoms with van der Waals surface area (Å²) in [6.45, 7) is 2.10. The van der Waals surface area contributed by atoms with Crippen molar-refractivity contribution in [3.8, 4) is 10.7 Å². The van der Waals surface area contributed by atoms with Gasteiger partial charge in [0.15, 0.2) is 0 Å². The Hall–Kier alpha value is -1.13. The Morgan fingerprint density at radius 1 is 1.25 bits per heavy atom. The first kappa shape index (κ1) is 10.1. The molecule has 3 aromatic rings. The van der Waals surface area contributed by atoms with Crippen molar-refractivity contribution < 1.29 is 0 Å².